The standard InChI is InChI=1S/C23H22N4O2/c24-13-15-7-9-16(10-8-15)14-25-21(28)19-12-17-4-3-11-27(17)23(19)18-5-1-2-6-20(18)26-22(23)29/h1-2,5-10,17,19H,3-4,11-12,14H2,(H,25,28)(H,26,29)/t17-,19+,23+/m1/s1. The monoisotopic (exact) mass is 386 g/mol. The molecule has 146 valence electrons. The molecule has 3 aliphatic rings. The molecule has 2 fully saturated rings. The number of fused-ring (bicyclic) bond motifs is 4. The van der Waals surface area contributed by atoms with E-state index in [0.29, 0.717) is 18.5 Å². The summed E-state index contributed by atoms with van der Waals surface area (Å²) >= 11 is 0. The third-order valence-corrected chi connectivity index (χ3v) is 6.64. The van der Waals surface area contributed by atoms with E-state index in [1.165, 1.54) is 0 Å². The second-order valence-electron chi connectivity index (χ2n) is 8.07. The van der Waals surface area contributed by atoms with E-state index in [0.717, 1.165) is 36.2 Å². The van der Waals surface area contributed by atoms with Gasteiger partial charge in [0.2, 0.25) is 11.8 Å². The Hall–Kier alpha value is -3.17. The number of rotatable bonds is 3. The summed E-state index contributed by atoms with van der Waals surface area (Å²) in [4.78, 5) is 28.9. The van der Waals surface area contributed by atoms with Gasteiger partial charge in [-0.2, -0.15) is 5.26 Å². The van der Waals surface area contributed by atoms with Gasteiger partial charge in [0.15, 0.2) is 0 Å². The average Bonchev–Trinajstić information content (AvgIpc) is 3.41. The van der Waals surface area contributed by atoms with Gasteiger partial charge in [-0.15, -0.1) is 0 Å². The molecule has 2 amide bonds. The summed E-state index contributed by atoms with van der Waals surface area (Å²) in [6.45, 7) is 1.22. The summed E-state index contributed by atoms with van der Waals surface area (Å²) < 4.78 is 0. The molecule has 0 aliphatic carbocycles. The Bertz CT molecular complexity index is 1030. The second kappa shape index (κ2) is 6.71. The van der Waals surface area contributed by atoms with Crippen LogP contribution in [0, 0.1) is 17.2 Å². The third kappa shape index (κ3) is 2.58. The molecule has 2 N–H and O–H groups in total. The van der Waals surface area contributed by atoms with Gasteiger partial charge in [0, 0.05) is 23.8 Å². The normalized spacial score (nSPS) is 27.3. The van der Waals surface area contributed by atoms with Crippen LogP contribution in [0.3, 0.4) is 0 Å². The van der Waals surface area contributed by atoms with Crippen LogP contribution in [0.2, 0.25) is 0 Å². The second-order valence-corrected chi connectivity index (χ2v) is 8.07. The minimum atomic E-state index is -0.910. The highest BCUT2D eigenvalue weighted by Crippen LogP contribution is 2.55. The van der Waals surface area contributed by atoms with Crippen molar-refractivity contribution in [2.45, 2.75) is 37.4 Å². The number of hydrogen-bond donors (Lipinski definition) is 2. The average molecular weight is 386 g/mol. The lowest BCUT2D eigenvalue weighted by Crippen LogP contribution is -2.54. The van der Waals surface area contributed by atoms with Gasteiger partial charge in [-0.25, -0.2) is 0 Å². The van der Waals surface area contributed by atoms with Crippen molar-refractivity contribution in [1.29, 1.82) is 5.26 Å². The number of para-hydroxylation sites is 1. The zero-order chi connectivity index (χ0) is 20.0. The molecule has 3 atom stereocenters. The first kappa shape index (κ1) is 17.9. The Morgan fingerprint density at radius 3 is 2.83 bits per heavy atom. The number of benzene rings is 2. The van der Waals surface area contributed by atoms with E-state index in [2.05, 4.69) is 21.6 Å². The smallest absolute Gasteiger partial charge is 0.250 e. The maximum Gasteiger partial charge on any atom is 0.250 e. The molecule has 0 radical (unpaired) electrons. The van der Waals surface area contributed by atoms with Gasteiger partial charge >= 0.3 is 0 Å². The van der Waals surface area contributed by atoms with Crippen molar-refractivity contribution in [2.75, 3.05) is 11.9 Å². The Kier molecular flexibility index (Phi) is 4.14. The van der Waals surface area contributed by atoms with E-state index in [4.69, 9.17) is 5.26 Å². The summed E-state index contributed by atoms with van der Waals surface area (Å²) in [6, 6.07) is 17.3. The third-order valence-electron chi connectivity index (χ3n) is 6.64. The zero-order valence-electron chi connectivity index (χ0n) is 16.0. The van der Waals surface area contributed by atoms with Crippen molar-refractivity contribution in [3.8, 4) is 6.07 Å². The van der Waals surface area contributed by atoms with Crippen molar-refractivity contribution < 1.29 is 9.59 Å². The summed E-state index contributed by atoms with van der Waals surface area (Å²) in [7, 11) is 0. The van der Waals surface area contributed by atoms with Gasteiger partial charge < -0.3 is 10.6 Å². The number of anilines is 1. The van der Waals surface area contributed by atoms with Crippen LogP contribution in [0.4, 0.5) is 5.69 Å². The molecule has 3 aliphatic heterocycles. The van der Waals surface area contributed by atoms with Crippen LogP contribution in [0.1, 0.15) is 36.0 Å². The Balaban J connectivity index is 1.45. The number of carbonyl (C=O) groups is 2. The minimum Gasteiger partial charge on any atom is -0.352 e. The molecule has 0 saturated carbocycles. The maximum absolute atomic E-state index is 13.3. The van der Waals surface area contributed by atoms with Crippen LogP contribution < -0.4 is 10.6 Å². The molecular weight excluding hydrogens is 364 g/mol. The first-order valence-corrected chi connectivity index (χ1v) is 10.1. The molecule has 0 unspecified atom stereocenters. The van der Waals surface area contributed by atoms with E-state index in [1.54, 1.807) is 12.1 Å². The highest BCUT2D eigenvalue weighted by atomic mass is 16.2. The minimum absolute atomic E-state index is 0.0818. The van der Waals surface area contributed by atoms with Crippen LogP contribution >= 0.6 is 0 Å². The van der Waals surface area contributed by atoms with Gasteiger partial charge in [-0.3, -0.25) is 14.5 Å². The van der Waals surface area contributed by atoms with Crippen LogP contribution in [0.25, 0.3) is 0 Å². The summed E-state index contributed by atoms with van der Waals surface area (Å²) in [5, 5.41) is 15.0. The molecule has 0 aromatic heterocycles. The van der Waals surface area contributed by atoms with Crippen LogP contribution in [0.15, 0.2) is 48.5 Å². The summed E-state index contributed by atoms with van der Waals surface area (Å²) in [6.07, 6.45) is 2.78. The van der Waals surface area contributed by atoms with Crippen molar-refractivity contribution in [3.63, 3.8) is 0 Å². The van der Waals surface area contributed by atoms with E-state index in [9.17, 15) is 9.59 Å². The predicted molar refractivity (Wildman–Crippen MR) is 108 cm³/mol. The van der Waals surface area contributed by atoms with Gasteiger partial charge in [-0.05, 0) is 49.6 Å². The lowest BCUT2D eigenvalue weighted by molar-refractivity contribution is -0.137. The largest absolute Gasteiger partial charge is 0.352 e. The lowest BCUT2D eigenvalue weighted by atomic mass is 9.78. The first-order chi connectivity index (χ1) is 14.1. The van der Waals surface area contributed by atoms with Crippen molar-refractivity contribution >= 4 is 17.5 Å². The fourth-order valence-corrected chi connectivity index (χ4v) is 5.39. The number of amides is 2. The molecule has 6 heteroatoms. The van der Waals surface area contributed by atoms with E-state index >= 15 is 0 Å². The molecule has 0 bridgehead atoms. The summed E-state index contributed by atoms with van der Waals surface area (Å²) in [5.41, 5.74) is 2.35. The molecule has 6 nitrogen and oxygen atoms in total. The zero-order valence-corrected chi connectivity index (χ0v) is 16.0. The van der Waals surface area contributed by atoms with Gasteiger partial charge in [0.05, 0.1) is 17.6 Å². The number of hydrogen-bond acceptors (Lipinski definition) is 4. The van der Waals surface area contributed by atoms with Crippen LogP contribution in [0.5, 0.6) is 0 Å². The number of nitrogens with one attached hydrogen (secondary N) is 2. The van der Waals surface area contributed by atoms with Crippen molar-refractivity contribution in [1.82, 2.24) is 10.2 Å². The van der Waals surface area contributed by atoms with Crippen LogP contribution in [-0.4, -0.2) is 29.3 Å². The molecule has 2 aromatic carbocycles. The van der Waals surface area contributed by atoms with Crippen molar-refractivity contribution in [2.24, 2.45) is 5.92 Å². The fourth-order valence-electron chi connectivity index (χ4n) is 5.39. The first-order valence-electron chi connectivity index (χ1n) is 10.1. The topological polar surface area (TPSA) is 85.2 Å². The molecule has 1 spiro atoms. The van der Waals surface area contributed by atoms with Gasteiger partial charge in [0.1, 0.15) is 5.54 Å². The summed E-state index contributed by atoms with van der Waals surface area (Å²) in [5.74, 6) is -0.591. The quantitative estimate of drug-likeness (QED) is 0.849. The molecule has 2 saturated heterocycles. The van der Waals surface area contributed by atoms with E-state index < -0.39 is 11.5 Å². The number of carbonyl (C=O) groups excluding carboxylic acids is 2. The highest BCUT2D eigenvalue weighted by molar-refractivity contribution is 6.09. The highest BCUT2D eigenvalue weighted by Gasteiger charge is 2.65. The van der Waals surface area contributed by atoms with E-state index in [-0.39, 0.29) is 17.9 Å². The SMILES string of the molecule is N#Cc1ccc(CNC(=O)[C@@H]2C[C@H]3CCCN3[C@]23C(=O)Nc2ccccc23)cc1. The Morgan fingerprint density at radius 2 is 2.03 bits per heavy atom. The predicted octanol–water partition coefficient (Wildman–Crippen LogP) is 2.51. The Morgan fingerprint density at radius 1 is 1.24 bits per heavy atom. The van der Waals surface area contributed by atoms with Gasteiger partial charge in [0.25, 0.3) is 0 Å². The number of nitriles is 1. The fraction of sp³-hybridized carbons (Fsp3) is 0.348. The molecule has 5 rings (SSSR count). The van der Waals surface area contributed by atoms with Crippen molar-refractivity contribution in [3.05, 3.63) is 65.2 Å². The van der Waals surface area contributed by atoms with E-state index in [1.807, 2.05) is 36.4 Å². The number of nitrogens with zero attached hydrogens (tertiary/aromatic N) is 2. The Labute approximate surface area is 169 Å². The van der Waals surface area contributed by atoms with Crippen LogP contribution in [-0.2, 0) is 21.7 Å². The molecule has 3 heterocycles. The van der Waals surface area contributed by atoms with Gasteiger partial charge in [-0.1, -0.05) is 30.3 Å². The maximum atomic E-state index is 13.3. The lowest BCUT2D eigenvalue weighted by Gasteiger charge is -2.36. The molecule has 29 heavy (non-hydrogen) atoms. The molecule has 2 aromatic rings. The molecular formula is C23H22N4O2.